The minimum absolute atomic E-state index is 0. The van der Waals surface area contributed by atoms with Gasteiger partial charge in [0.05, 0.1) is 0 Å². The molecule has 0 heterocycles. The number of aliphatic carboxylic acids is 1. The van der Waals surface area contributed by atoms with E-state index in [1.54, 1.807) is 0 Å². The molecule has 108 valence electrons. The number of carboxylic acid groups (broad SMARTS) is 1. The van der Waals surface area contributed by atoms with Crippen LogP contribution in [0.25, 0.3) is 0 Å². The molecule has 0 aliphatic rings. The summed E-state index contributed by atoms with van der Waals surface area (Å²) in [5, 5.41) is 13.3. The predicted molar refractivity (Wildman–Crippen MR) is 74.3 cm³/mol. The van der Waals surface area contributed by atoms with Crippen molar-refractivity contribution >= 4 is 5.97 Å². The van der Waals surface area contributed by atoms with Crippen molar-refractivity contribution in [1.29, 1.82) is 0 Å². The van der Waals surface area contributed by atoms with Crippen LogP contribution in [0.15, 0.2) is 0 Å². The molecule has 1 N–H and O–H groups in total. The Morgan fingerprint density at radius 1 is 0.842 bits per heavy atom. The van der Waals surface area contributed by atoms with Gasteiger partial charge in [0, 0.05) is 12.5 Å². The first-order chi connectivity index (χ1) is 8.77. The van der Waals surface area contributed by atoms with Gasteiger partial charge in [-0.3, -0.25) is 0 Å². The third-order valence-corrected chi connectivity index (χ3v) is 3.21. The van der Waals surface area contributed by atoms with Crippen molar-refractivity contribution in [3.8, 4) is 0 Å². The molecule has 4 heteroatoms. The molecule has 0 bridgehead atoms. The van der Waals surface area contributed by atoms with E-state index in [2.05, 4.69) is 12.2 Å². The molecule has 0 atom stereocenters. The summed E-state index contributed by atoms with van der Waals surface area (Å²) in [5.74, 6) is -0.967. The molecule has 0 aromatic carbocycles. The number of carbonyl (C=O) groups is 1. The van der Waals surface area contributed by atoms with E-state index in [4.69, 9.17) is 0 Å². The third-order valence-electron chi connectivity index (χ3n) is 3.21. The van der Waals surface area contributed by atoms with E-state index in [0.717, 1.165) is 13.0 Å². The van der Waals surface area contributed by atoms with Gasteiger partial charge in [-0.25, -0.2) is 0 Å². The molecule has 0 aromatic heterocycles. The number of carboxylic acids is 1. The Morgan fingerprint density at radius 2 is 1.32 bits per heavy atom. The molecule has 0 radical (unpaired) electrons. The Balaban J connectivity index is 0. The fraction of sp³-hybridized carbons (Fsp3) is 0.933. The van der Waals surface area contributed by atoms with Crippen LogP contribution in [0.3, 0.4) is 0 Å². The number of unbranched alkanes of at least 4 members (excludes halogenated alkanes) is 9. The Bertz CT molecular complexity index is 189. The van der Waals surface area contributed by atoms with Gasteiger partial charge in [0.25, 0.3) is 0 Å². The molecule has 0 amide bonds. The first-order valence-corrected chi connectivity index (χ1v) is 7.68. The second kappa shape index (κ2) is 19.1. The summed E-state index contributed by atoms with van der Waals surface area (Å²) in [6, 6.07) is 0. The van der Waals surface area contributed by atoms with E-state index < -0.39 is 5.97 Å². The first kappa shape index (κ1) is 22.3. The standard InChI is InChI=1S/C15H31NO2.K/c1-2-3-4-5-6-7-8-9-10-11-13-16-14-12-15(17)18;/h16H,2-14H2,1H3,(H,17,18);/q;+1/p-1. The normalized spacial score (nSPS) is 10.2. The van der Waals surface area contributed by atoms with Crippen molar-refractivity contribution in [1.82, 2.24) is 5.32 Å². The maximum Gasteiger partial charge on any atom is 1.00 e. The zero-order chi connectivity index (χ0) is 13.5. The third kappa shape index (κ3) is 21.5. The molecule has 0 aromatic rings. The van der Waals surface area contributed by atoms with Crippen LogP contribution in [0.5, 0.6) is 0 Å². The molecule has 0 aliphatic heterocycles. The number of nitrogens with one attached hydrogen (secondary N) is 1. The van der Waals surface area contributed by atoms with Crippen LogP contribution in [0.2, 0.25) is 0 Å². The van der Waals surface area contributed by atoms with Crippen LogP contribution >= 0.6 is 0 Å². The zero-order valence-corrected chi connectivity index (χ0v) is 16.1. The molecule has 3 nitrogen and oxygen atoms in total. The molecule has 0 spiro atoms. The molecule has 0 saturated heterocycles. The Kier molecular flexibility index (Phi) is 22.4. The Morgan fingerprint density at radius 3 is 1.79 bits per heavy atom. The van der Waals surface area contributed by atoms with Crippen LogP contribution in [0.1, 0.15) is 77.6 Å². The van der Waals surface area contributed by atoms with Gasteiger partial charge in [0.15, 0.2) is 0 Å². The summed E-state index contributed by atoms with van der Waals surface area (Å²) in [5.41, 5.74) is 0. The summed E-state index contributed by atoms with van der Waals surface area (Å²) in [4.78, 5) is 10.1. The molecular weight excluding hydrogens is 265 g/mol. The number of hydrogen-bond donors (Lipinski definition) is 1. The van der Waals surface area contributed by atoms with E-state index in [1.807, 2.05) is 0 Å². The SMILES string of the molecule is CCCCCCCCCCCCNCCC(=O)[O-].[K+]. The molecule has 0 rings (SSSR count). The minimum atomic E-state index is -0.967. The van der Waals surface area contributed by atoms with Crippen LogP contribution < -0.4 is 61.8 Å². The van der Waals surface area contributed by atoms with Gasteiger partial charge >= 0.3 is 51.4 Å². The monoisotopic (exact) mass is 295 g/mol. The number of carbonyl (C=O) groups excluding carboxylic acids is 1. The predicted octanol–water partition coefficient (Wildman–Crippen LogP) is -0.359. The summed E-state index contributed by atoms with van der Waals surface area (Å²) in [6.45, 7) is 3.73. The van der Waals surface area contributed by atoms with Crippen LogP contribution in [-0.2, 0) is 4.79 Å². The van der Waals surface area contributed by atoms with Crippen molar-refractivity contribution in [2.45, 2.75) is 77.6 Å². The number of hydrogen-bond acceptors (Lipinski definition) is 3. The zero-order valence-electron chi connectivity index (χ0n) is 13.0. The summed E-state index contributed by atoms with van der Waals surface area (Å²) >= 11 is 0. The second-order valence-electron chi connectivity index (χ2n) is 5.05. The van der Waals surface area contributed by atoms with E-state index in [-0.39, 0.29) is 57.8 Å². The van der Waals surface area contributed by atoms with Crippen LogP contribution in [-0.4, -0.2) is 19.1 Å². The van der Waals surface area contributed by atoms with E-state index in [1.165, 1.54) is 57.8 Å². The summed E-state index contributed by atoms with van der Waals surface area (Å²) in [7, 11) is 0. The van der Waals surface area contributed by atoms with Gasteiger partial charge in [-0.1, -0.05) is 64.7 Å². The molecular formula is C15H30KNO2. The Labute approximate surface area is 161 Å². The van der Waals surface area contributed by atoms with Gasteiger partial charge in [-0.15, -0.1) is 0 Å². The average Bonchev–Trinajstić information content (AvgIpc) is 2.34. The van der Waals surface area contributed by atoms with Gasteiger partial charge in [0.2, 0.25) is 0 Å². The topological polar surface area (TPSA) is 52.2 Å². The Hall–Kier alpha value is 1.07. The quantitative estimate of drug-likeness (QED) is 0.352. The van der Waals surface area contributed by atoms with Crippen molar-refractivity contribution in [3.05, 3.63) is 0 Å². The van der Waals surface area contributed by atoms with Gasteiger partial charge in [-0.2, -0.15) is 0 Å². The maximum absolute atomic E-state index is 10.1. The molecule has 19 heavy (non-hydrogen) atoms. The smallest absolute Gasteiger partial charge is 0.550 e. The average molecular weight is 296 g/mol. The first-order valence-electron chi connectivity index (χ1n) is 7.68. The van der Waals surface area contributed by atoms with Crippen molar-refractivity contribution < 1.29 is 61.3 Å². The van der Waals surface area contributed by atoms with E-state index >= 15 is 0 Å². The minimum Gasteiger partial charge on any atom is -0.550 e. The molecule has 0 aliphatic carbocycles. The fourth-order valence-electron chi connectivity index (χ4n) is 2.05. The molecule has 0 unspecified atom stereocenters. The van der Waals surface area contributed by atoms with Crippen LogP contribution in [0.4, 0.5) is 0 Å². The van der Waals surface area contributed by atoms with E-state index in [0.29, 0.717) is 6.54 Å². The fourth-order valence-corrected chi connectivity index (χ4v) is 2.05. The van der Waals surface area contributed by atoms with E-state index in [9.17, 15) is 9.90 Å². The maximum atomic E-state index is 10.1. The second-order valence-corrected chi connectivity index (χ2v) is 5.05. The van der Waals surface area contributed by atoms with Crippen molar-refractivity contribution in [3.63, 3.8) is 0 Å². The van der Waals surface area contributed by atoms with Gasteiger partial charge < -0.3 is 15.2 Å². The number of rotatable bonds is 14. The molecule has 0 fully saturated rings. The summed E-state index contributed by atoms with van der Waals surface area (Å²) in [6.07, 6.45) is 13.5. The van der Waals surface area contributed by atoms with Gasteiger partial charge in [-0.05, 0) is 19.4 Å². The van der Waals surface area contributed by atoms with Crippen molar-refractivity contribution in [2.75, 3.05) is 13.1 Å². The molecule has 0 saturated carbocycles. The van der Waals surface area contributed by atoms with Crippen LogP contribution in [0, 0.1) is 0 Å². The van der Waals surface area contributed by atoms with Crippen molar-refractivity contribution in [2.24, 2.45) is 0 Å². The largest absolute Gasteiger partial charge is 1.00 e. The summed E-state index contributed by atoms with van der Waals surface area (Å²) < 4.78 is 0. The van der Waals surface area contributed by atoms with Gasteiger partial charge in [0.1, 0.15) is 0 Å².